The molecule has 0 spiro atoms. The Hall–Kier alpha value is -6.42. The lowest BCUT2D eigenvalue weighted by atomic mass is 9.84. The molecule has 3 heterocycles. The summed E-state index contributed by atoms with van der Waals surface area (Å²) < 4.78 is 2.67. The zero-order valence-electron chi connectivity index (χ0n) is 31.7. The highest BCUT2D eigenvalue weighted by Gasteiger charge is 2.25. The van der Waals surface area contributed by atoms with E-state index in [-0.39, 0.29) is 0 Å². The minimum atomic E-state index is 1.01. The lowest BCUT2D eigenvalue weighted by Gasteiger charge is -2.32. The van der Waals surface area contributed by atoms with Crippen molar-refractivity contribution in [2.45, 2.75) is 25.7 Å². The van der Waals surface area contributed by atoms with E-state index in [9.17, 15) is 0 Å². The summed E-state index contributed by atoms with van der Waals surface area (Å²) in [5, 5.41) is 10.4. The summed E-state index contributed by atoms with van der Waals surface area (Å²) in [4.78, 5) is 5.10. The highest BCUT2D eigenvalue weighted by atomic mass is 32.1. The van der Waals surface area contributed by atoms with Crippen LogP contribution in [0.3, 0.4) is 0 Å². The molecule has 0 bridgehead atoms. The summed E-state index contributed by atoms with van der Waals surface area (Å²) >= 11 is 1.89. The second-order valence-corrected chi connectivity index (χ2v) is 16.9. The van der Waals surface area contributed by atoms with Gasteiger partial charge in [0.25, 0.3) is 0 Å². The van der Waals surface area contributed by atoms with Crippen LogP contribution in [0.4, 0.5) is 22.7 Å². The molecule has 0 saturated carbocycles. The molecule has 3 heteroatoms. The van der Waals surface area contributed by atoms with Crippen LogP contribution < -0.4 is 9.80 Å². The standard InChI is InChI=1S/C54H40N2S/c1-4-18-41-35(12-1)15-9-20-43(41)54-45-28-26-39(55-30-10-16-36-13-2-6-21-49(36)55)33-47(45)53(38-24-29-52-46(32-38)42-19-5-8-23-51(42)57-52)44-27-25-40(34-48(44)54)56-31-11-17-37-14-3-7-22-50(37)56/h1-9,12-15,18-29,32-34H,10-11,16-17,30-31H2. The molecule has 272 valence electrons. The first-order valence-electron chi connectivity index (χ1n) is 20.4. The topological polar surface area (TPSA) is 6.48 Å². The molecule has 0 N–H and O–H groups in total. The van der Waals surface area contributed by atoms with Crippen molar-refractivity contribution in [2.75, 3.05) is 22.9 Å². The highest BCUT2D eigenvalue weighted by molar-refractivity contribution is 7.25. The van der Waals surface area contributed by atoms with Crippen LogP contribution in [0.5, 0.6) is 0 Å². The predicted molar refractivity (Wildman–Crippen MR) is 246 cm³/mol. The van der Waals surface area contributed by atoms with Crippen LogP contribution in [-0.2, 0) is 12.8 Å². The summed E-state index contributed by atoms with van der Waals surface area (Å²) in [6, 6.07) is 64.4. The molecule has 1 aromatic heterocycles. The Morgan fingerprint density at radius 1 is 0.386 bits per heavy atom. The van der Waals surface area contributed by atoms with E-state index in [1.807, 2.05) is 11.3 Å². The van der Waals surface area contributed by atoms with E-state index in [0.717, 1.165) is 38.8 Å². The van der Waals surface area contributed by atoms with Gasteiger partial charge < -0.3 is 9.80 Å². The van der Waals surface area contributed by atoms with Crippen LogP contribution in [0.2, 0.25) is 0 Å². The van der Waals surface area contributed by atoms with E-state index < -0.39 is 0 Å². The minimum Gasteiger partial charge on any atom is -0.341 e. The number of anilines is 4. The Morgan fingerprint density at radius 2 is 0.965 bits per heavy atom. The first-order valence-corrected chi connectivity index (χ1v) is 21.2. The molecule has 12 rings (SSSR count). The van der Waals surface area contributed by atoms with Crippen molar-refractivity contribution in [2.24, 2.45) is 0 Å². The Labute approximate surface area is 336 Å². The van der Waals surface area contributed by atoms with Gasteiger partial charge in [-0.05, 0) is 146 Å². The van der Waals surface area contributed by atoms with E-state index in [2.05, 4.69) is 180 Å². The molecule has 0 radical (unpaired) electrons. The quantitative estimate of drug-likeness (QED) is 0.165. The molecule has 2 aliphatic rings. The number of para-hydroxylation sites is 2. The van der Waals surface area contributed by atoms with Gasteiger partial charge in [-0.15, -0.1) is 11.3 Å². The second kappa shape index (κ2) is 13.1. The average molecular weight is 749 g/mol. The van der Waals surface area contributed by atoms with Crippen LogP contribution >= 0.6 is 11.3 Å². The van der Waals surface area contributed by atoms with E-state index in [4.69, 9.17) is 0 Å². The van der Waals surface area contributed by atoms with Gasteiger partial charge >= 0.3 is 0 Å². The first kappa shape index (κ1) is 32.8. The molecule has 0 atom stereocenters. The zero-order chi connectivity index (χ0) is 37.5. The fourth-order valence-corrected chi connectivity index (χ4v) is 11.2. The molecule has 10 aromatic rings. The van der Waals surface area contributed by atoms with E-state index in [1.165, 1.54) is 109 Å². The average Bonchev–Trinajstić information content (AvgIpc) is 3.65. The molecule has 0 fully saturated rings. The molecular formula is C54H40N2S. The highest BCUT2D eigenvalue weighted by Crippen LogP contribution is 2.49. The number of hydrogen-bond acceptors (Lipinski definition) is 3. The molecule has 57 heavy (non-hydrogen) atoms. The Bertz CT molecular complexity index is 3220. The number of hydrogen-bond donors (Lipinski definition) is 0. The van der Waals surface area contributed by atoms with Gasteiger partial charge in [-0.1, -0.05) is 115 Å². The minimum absolute atomic E-state index is 1.01. The van der Waals surface area contributed by atoms with Gasteiger partial charge in [-0.3, -0.25) is 0 Å². The van der Waals surface area contributed by atoms with Crippen molar-refractivity contribution in [3.05, 3.63) is 181 Å². The Balaban J connectivity index is 1.20. The van der Waals surface area contributed by atoms with Crippen LogP contribution in [-0.4, -0.2) is 13.1 Å². The number of thiophene rings is 1. The maximum atomic E-state index is 2.55. The van der Waals surface area contributed by atoms with Crippen molar-refractivity contribution in [1.29, 1.82) is 0 Å². The van der Waals surface area contributed by atoms with Crippen molar-refractivity contribution in [3.63, 3.8) is 0 Å². The van der Waals surface area contributed by atoms with Gasteiger partial charge in [-0.25, -0.2) is 0 Å². The zero-order valence-corrected chi connectivity index (χ0v) is 32.5. The lowest BCUT2D eigenvalue weighted by Crippen LogP contribution is -2.24. The number of nitrogens with zero attached hydrogens (tertiary/aromatic N) is 2. The molecule has 0 amide bonds. The third-order valence-electron chi connectivity index (χ3n) is 12.7. The van der Waals surface area contributed by atoms with Crippen LogP contribution in [0.15, 0.2) is 170 Å². The van der Waals surface area contributed by atoms with E-state index >= 15 is 0 Å². The Morgan fingerprint density at radius 3 is 1.70 bits per heavy atom. The molecule has 0 aliphatic carbocycles. The summed E-state index contributed by atoms with van der Waals surface area (Å²) in [5.74, 6) is 0. The van der Waals surface area contributed by atoms with Crippen molar-refractivity contribution in [1.82, 2.24) is 0 Å². The number of fused-ring (bicyclic) bond motifs is 8. The summed E-state index contributed by atoms with van der Waals surface area (Å²) in [5.41, 5.74) is 13.2. The third-order valence-corrected chi connectivity index (χ3v) is 13.8. The van der Waals surface area contributed by atoms with E-state index in [1.54, 1.807) is 0 Å². The van der Waals surface area contributed by atoms with Crippen LogP contribution in [0.25, 0.3) is 74.7 Å². The normalized spacial score (nSPS) is 14.2. The fourth-order valence-electron chi connectivity index (χ4n) is 10.1. The molecule has 9 aromatic carbocycles. The van der Waals surface area contributed by atoms with Crippen molar-refractivity contribution < 1.29 is 0 Å². The number of aryl methyl sites for hydroxylation is 2. The maximum Gasteiger partial charge on any atom is 0.0443 e. The summed E-state index contributed by atoms with van der Waals surface area (Å²) in [7, 11) is 0. The first-order chi connectivity index (χ1) is 28.3. The monoisotopic (exact) mass is 748 g/mol. The predicted octanol–water partition coefficient (Wildman–Crippen LogP) is 15.0. The van der Waals surface area contributed by atoms with Gasteiger partial charge in [0, 0.05) is 56.0 Å². The fraction of sp³-hybridized carbons (Fsp3) is 0.111. The van der Waals surface area contributed by atoms with Gasteiger partial charge in [-0.2, -0.15) is 0 Å². The van der Waals surface area contributed by atoms with Crippen molar-refractivity contribution in [3.8, 4) is 22.3 Å². The third kappa shape index (κ3) is 5.22. The number of rotatable bonds is 4. The molecule has 2 aliphatic heterocycles. The Kier molecular flexibility index (Phi) is 7.52. The molecule has 0 unspecified atom stereocenters. The smallest absolute Gasteiger partial charge is 0.0443 e. The summed E-state index contributed by atoms with van der Waals surface area (Å²) in [6.07, 6.45) is 4.54. The largest absolute Gasteiger partial charge is 0.341 e. The van der Waals surface area contributed by atoms with E-state index in [0.29, 0.717) is 0 Å². The van der Waals surface area contributed by atoms with Gasteiger partial charge in [0.1, 0.15) is 0 Å². The summed E-state index contributed by atoms with van der Waals surface area (Å²) in [6.45, 7) is 2.02. The van der Waals surface area contributed by atoms with Gasteiger partial charge in [0.2, 0.25) is 0 Å². The molecule has 0 saturated heterocycles. The lowest BCUT2D eigenvalue weighted by molar-refractivity contribution is 0.767. The second-order valence-electron chi connectivity index (χ2n) is 15.8. The molecular weight excluding hydrogens is 709 g/mol. The van der Waals surface area contributed by atoms with Crippen molar-refractivity contribution >= 4 is 86.6 Å². The number of benzene rings is 9. The van der Waals surface area contributed by atoms with Gasteiger partial charge in [0.15, 0.2) is 0 Å². The SMILES string of the molecule is c1ccc2c(c1)CCCN2c1ccc2c(-c3cccc4ccccc34)c3cc(N4CCCc5ccccc54)ccc3c(-c3ccc4sc5ccccc5c4c3)c2c1. The van der Waals surface area contributed by atoms with Gasteiger partial charge in [0.05, 0.1) is 0 Å². The molecule has 2 nitrogen and oxygen atoms in total. The van der Waals surface area contributed by atoms with Crippen LogP contribution in [0.1, 0.15) is 24.0 Å². The maximum absolute atomic E-state index is 2.55. The van der Waals surface area contributed by atoms with Crippen LogP contribution in [0, 0.1) is 0 Å².